The van der Waals surface area contributed by atoms with E-state index in [9.17, 15) is 9.59 Å². The lowest BCUT2D eigenvalue weighted by Crippen LogP contribution is -2.31. The average Bonchev–Trinajstić information content (AvgIpc) is 3.22. The maximum absolute atomic E-state index is 13.2. The van der Waals surface area contributed by atoms with E-state index in [2.05, 4.69) is 10.4 Å². The van der Waals surface area contributed by atoms with Crippen molar-refractivity contribution in [1.82, 2.24) is 14.7 Å². The monoisotopic (exact) mass is 436 g/mol. The third-order valence-electron chi connectivity index (χ3n) is 5.27. The van der Waals surface area contributed by atoms with Gasteiger partial charge in [-0.15, -0.1) is 0 Å². The summed E-state index contributed by atoms with van der Waals surface area (Å²) < 4.78 is 12.1. The van der Waals surface area contributed by atoms with Crippen LogP contribution in [0.25, 0.3) is 5.69 Å². The molecule has 0 bridgehead atoms. The number of ether oxygens (including phenoxy) is 2. The molecule has 0 radical (unpaired) electrons. The van der Waals surface area contributed by atoms with E-state index in [1.807, 2.05) is 45.0 Å². The van der Waals surface area contributed by atoms with Crippen LogP contribution in [0.4, 0.5) is 5.82 Å². The molecule has 8 heteroatoms. The van der Waals surface area contributed by atoms with Gasteiger partial charge in [-0.3, -0.25) is 9.59 Å². The van der Waals surface area contributed by atoms with Gasteiger partial charge in [0.15, 0.2) is 11.5 Å². The maximum atomic E-state index is 13.2. The van der Waals surface area contributed by atoms with Gasteiger partial charge in [0.25, 0.3) is 11.8 Å². The minimum atomic E-state index is -0.394. The Kier molecular flexibility index (Phi) is 7.14. The molecular formula is C24H28N4O4. The first kappa shape index (κ1) is 22.9. The standard InChI is InChI=1S/C24H28N4O4/c1-6-27(7-2)24(30)18-15-25-28(19-11-9-8-10-16(19)3)22(18)26-23(29)17-12-13-20(31-4)21(14-17)32-5/h8-15H,6-7H2,1-5H3,(H,26,29). The molecule has 0 saturated heterocycles. The van der Waals surface area contributed by atoms with Gasteiger partial charge in [-0.25, -0.2) is 4.68 Å². The Morgan fingerprint density at radius 2 is 1.72 bits per heavy atom. The van der Waals surface area contributed by atoms with Gasteiger partial charge in [-0.2, -0.15) is 5.10 Å². The molecule has 2 aromatic carbocycles. The van der Waals surface area contributed by atoms with Gasteiger partial charge in [0.2, 0.25) is 0 Å². The van der Waals surface area contributed by atoms with Crippen molar-refractivity contribution < 1.29 is 19.1 Å². The quantitative estimate of drug-likeness (QED) is 0.578. The fourth-order valence-corrected chi connectivity index (χ4v) is 3.45. The molecule has 0 fully saturated rings. The lowest BCUT2D eigenvalue weighted by molar-refractivity contribution is 0.0774. The molecule has 0 aliphatic heterocycles. The summed E-state index contributed by atoms with van der Waals surface area (Å²) in [5.41, 5.74) is 2.42. The fourth-order valence-electron chi connectivity index (χ4n) is 3.45. The van der Waals surface area contributed by atoms with Crippen molar-refractivity contribution in [3.8, 4) is 17.2 Å². The molecule has 168 valence electrons. The van der Waals surface area contributed by atoms with Crippen LogP contribution >= 0.6 is 0 Å². The zero-order chi connectivity index (χ0) is 23.3. The predicted octanol–water partition coefficient (Wildman–Crippen LogP) is 3.93. The summed E-state index contributed by atoms with van der Waals surface area (Å²) in [6.45, 7) is 6.87. The molecule has 0 atom stereocenters. The number of benzene rings is 2. The Labute approximate surface area is 187 Å². The largest absolute Gasteiger partial charge is 0.493 e. The zero-order valence-corrected chi connectivity index (χ0v) is 19.0. The number of hydrogen-bond donors (Lipinski definition) is 1. The Bertz CT molecular complexity index is 1120. The molecule has 3 aromatic rings. The summed E-state index contributed by atoms with van der Waals surface area (Å²) in [6, 6.07) is 12.5. The predicted molar refractivity (Wildman–Crippen MR) is 123 cm³/mol. The normalized spacial score (nSPS) is 10.5. The van der Waals surface area contributed by atoms with Crippen LogP contribution in [0.15, 0.2) is 48.7 Å². The van der Waals surface area contributed by atoms with Crippen molar-refractivity contribution in [2.45, 2.75) is 20.8 Å². The highest BCUT2D eigenvalue weighted by molar-refractivity contribution is 6.08. The van der Waals surface area contributed by atoms with Crippen LogP contribution in [-0.2, 0) is 0 Å². The Morgan fingerprint density at radius 3 is 2.34 bits per heavy atom. The van der Waals surface area contributed by atoms with Gasteiger partial charge in [0, 0.05) is 18.7 Å². The summed E-state index contributed by atoms with van der Waals surface area (Å²) >= 11 is 0. The van der Waals surface area contributed by atoms with Crippen LogP contribution in [0.3, 0.4) is 0 Å². The van der Waals surface area contributed by atoms with Crippen LogP contribution < -0.4 is 14.8 Å². The van der Waals surface area contributed by atoms with Crippen LogP contribution in [0.2, 0.25) is 0 Å². The average molecular weight is 437 g/mol. The Balaban J connectivity index is 2.07. The molecule has 1 N–H and O–H groups in total. The number of hydrogen-bond acceptors (Lipinski definition) is 5. The van der Waals surface area contributed by atoms with Gasteiger partial charge in [0.05, 0.1) is 26.1 Å². The lowest BCUT2D eigenvalue weighted by atomic mass is 10.1. The zero-order valence-electron chi connectivity index (χ0n) is 19.0. The Morgan fingerprint density at radius 1 is 1.03 bits per heavy atom. The Hall–Kier alpha value is -3.81. The second-order valence-corrected chi connectivity index (χ2v) is 7.11. The molecule has 0 spiro atoms. The molecule has 3 rings (SSSR count). The summed E-state index contributed by atoms with van der Waals surface area (Å²) in [5.74, 6) is 0.682. The number of carbonyl (C=O) groups excluding carboxylic acids is 2. The highest BCUT2D eigenvalue weighted by atomic mass is 16.5. The van der Waals surface area contributed by atoms with Crippen molar-refractivity contribution in [2.75, 3.05) is 32.6 Å². The highest BCUT2D eigenvalue weighted by Gasteiger charge is 2.24. The molecule has 8 nitrogen and oxygen atoms in total. The molecule has 1 heterocycles. The van der Waals surface area contributed by atoms with Gasteiger partial charge < -0.3 is 19.7 Å². The topological polar surface area (TPSA) is 85.7 Å². The smallest absolute Gasteiger partial charge is 0.259 e. The molecule has 2 amide bonds. The second-order valence-electron chi connectivity index (χ2n) is 7.11. The van der Waals surface area contributed by atoms with Gasteiger partial charge >= 0.3 is 0 Å². The lowest BCUT2D eigenvalue weighted by Gasteiger charge is -2.19. The number of rotatable bonds is 8. The van der Waals surface area contributed by atoms with E-state index in [1.165, 1.54) is 20.4 Å². The van der Waals surface area contributed by atoms with Crippen molar-refractivity contribution in [3.05, 3.63) is 65.4 Å². The number of para-hydroxylation sites is 1. The summed E-state index contributed by atoms with van der Waals surface area (Å²) in [4.78, 5) is 28.0. The first-order valence-electron chi connectivity index (χ1n) is 10.4. The summed E-state index contributed by atoms with van der Waals surface area (Å²) in [7, 11) is 3.04. The van der Waals surface area contributed by atoms with E-state index in [4.69, 9.17) is 9.47 Å². The van der Waals surface area contributed by atoms with E-state index in [0.29, 0.717) is 41.5 Å². The molecule has 1 aromatic heterocycles. The van der Waals surface area contributed by atoms with Crippen molar-refractivity contribution in [3.63, 3.8) is 0 Å². The first-order chi connectivity index (χ1) is 15.4. The number of carbonyl (C=O) groups is 2. The number of aromatic nitrogens is 2. The SMILES string of the molecule is CCN(CC)C(=O)c1cnn(-c2ccccc2C)c1NC(=O)c1ccc(OC)c(OC)c1. The van der Waals surface area contributed by atoms with E-state index in [1.54, 1.807) is 27.8 Å². The van der Waals surface area contributed by atoms with Crippen molar-refractivity contribution in [2.24, 2.45) is 0 Å². The number of nitrogens with one attached hydrogen (secondary N) is 1. The van der Waals surface area contributed by atoms with Crippen LogP contribution in [0.5, 0.6) is 11.5 Å². The molecule has 0 aliphatic rings. The second kappa shape index (κ2) is 10.00. The van der Waals surface area contributed by atoms with Crippen molar-refractivity contribution >= 4 is 17.6 Å². The first-order valence-corrected chi connectivity index (χ1v) is 10.4. The number of amides is 2. The van der Waals surface area contributed by atoms with Crippen LogP contribution in [-0.4, -0.2) is 53.8 Å². The van der Waals surface area contributed by atoms with Crippen LogP contribution in [0.1, 0.15) is 40.1 Å². The number of nitrogens with zero attached hydrogens (tertiary/aromatic N) is 3. The molecule has 0 aliphatic carbocycles. The maximum Gasteiger partial charge on any atom is 0.259 e. The van der Waals surface area contributed by atoms with Gasteiger partial charge in [-0.05, 0) is 50.6 Å². The van der Waals surface area contributed by atoms with Gasteiger partial charge in [-0.1, -0.05) is 18.2 Å². The van der Waals surface area contributed by atoms with E-state index in [0.717, 1.165) is 11.3 Å². The number of aryl methyl sites for hydroxylation is 1. The van der Waals surface area contributed by atoms with Crippen LogP contribution in [0, 0.1) is 6.92 Å². The van der Waals surface area contributed by atoms with E-state index < -0.39 is 5.91 Å². The van der Waals surface area contributed by atoms with E-state index in [-0.39, 0.29) is 5.91 Å². The van der Waals surface area contributed by atoms with Gasteiger partial charge in [0.1, 0.15) is 11.4 Å². The van der Waals surface area contributed by atoms with E-state index >= 15 is 0 Å². The summed E-state index contributed by atoms with van der Waals surface area (Å²) in [5, 5.41) is 7.33. The highest BCUT2D eigenvalue weighted by Crippen LogP contribution is 2.29. The summed E-state index contributed by atoms with van der Waals surface area (Å²) in [6.07, 6.45) is 1.50. The minimum Gasteiger partial charge on any atom is -0.493 e. The molecule has 32 heavy (non-hydrogen) atoms. The number of anilines is 1. The minimum absolute atomic E-state index is 0.197. The third-order valence-corrected chi connectivity index (χ3v) is 5.27. The molecule has 0 unspecified atom stereocenters. The number of methoxy groups -OCH3 is 2. The third kappa shape index (κ3) is 4.44. The fraction of sp³-hybridized carbons (Fsp3) is 0.292. The molecular weight excluding hydrogens is 408 g/mol. The molecule has 0 saturated carbocycles. The van der Waals surface area contributed by atoms with Crippen molar-refractivity contribution in [1.29, 1.82) is 0 Å².